The zero-order chi connectivity index (χ0) is 21.4. The number of Topliss-reactive ketones (excluding diaryl/α,β-unsaturated/α-hetero) is 1. The van der Waals surface area contributed by atoms with Gasteiger partial charge in [0.15, 0.2) is 0 Å². The Morgan fingerprint density at radius 2 is 1.89 bits per heavy atom. The average Bonchev–Trinajstić information content (AvgIpc) is 2.82. The summed E-state index contributed by atoms with van der Waals surface area (Å²) in [5.74, 6) is -0.970. The molecule has 5 nitrogen and oxygen atoms in total. The quantitative estimate of drug-likeness (QED) is 0.315. The molecule has 0 amide bonds. The number of unbranched alkanes of at least 4 members (excludes halogenated alkanes) is 4. The van der Waals surface area contributed by atoms with E-state index in [1.54, 1.807) is 6.08 Å². The van der Waals surface area contributed by atoms with Crippen LogP contribution in [0.5, 0.6) is 0 Å². The largest absolute Gasteiger partial charge is 0.481 e. The van der Waals surface area contributed by atoms with E-state index in [0.717, 1.165) is 38.5 Å². The van der Waals surface area contributed by atoms with Crippen molar-refractivity contribution in [3.05, 3.63) is 12.2 Å². The van der Waals surface area contributed by atoms with Crippen molar-refractivity contribution in [2.24, 2.45) is 16.7 Å². The highest BCUT2D eigenvalue weighted by Gasteiger charge is 2.49. The number of carboxylic acid groups (broad SMARTS) is 1. The third-order valence-corrected chi connectivity index (χ3v) is 6.49. The van der Waals surface area contributed by atoms with E-state index in [1.165, 1.54) is 0 Å². The standard InChI is InChI=1S/C23H40O5/c1-5-6-14-22(2,3)19(25)13-12-17-18(24)16-20(26)23(17,4)15-10-8-7-9-11-21(27)28/h12-13,17-19,24-25H,5-11,14-16H2,1-4H3,(H,27,28)/t17-,18+,19?,23-/m0/s1. The lowest BCUT2D eigenvalue weighted by molar-refractivity contribution is -0.137. The second kappa shape index (κ2) is 11.1. The molecule has 162 valence electrons. The Balaban J connectivity index is 2.68. The first kappa shape index (κ1) is 24.8. The molecule has 1 saturated carbocycles. The predicted molar refractivity (Wildman–Crippen MR) is 111 cm³/mol. The zero-order valence-corrected chi connectivity index (χ0v) is 18.1. The van der Waals surface area contributed by atoms with Crippen molar-refractivity contribution in [1.29, 1.82) is 0 Å². The summed E-state index contributed by atoms with van der Waals surface area (Å²) >= 11 is 0. The number of aliphatic hydroxyl groups is 2. The van der Waals surface area contributed by atoms with E-state index in [4.69, 9.17) is 5.11 Å². The number of rotatable bonds is 13. The molecule has 1 rings (SSSR count). The first-order chi connectivity index (χ1) is 13.0. The Bertz CT molecular complexity index is 539. The van der Waals surface area contributed by atoms with Crippen LogP contribution in [-0.4, -0.2) is 39.3 Å². The first-order valence-corrected chi connectivity index (χ1v) is 10.8. The molecule has 0 radical (unpaired) electrons. The van der Waals surface area contributed by atoms with E-state index in [9.17, 15) is 19.8 Å². The molecular weight excluding hydrogens is 356 g/mol. The molecular formula is C23H40O5. The maximum Gasteiger partial charge on any atom is 0.303 e. The number of hydrogen-bond acceptors (Lipinski definition) is 4. The van der Waals surface area contributed by atoms with Crippen LogP contribution in [0.4, 0.5) is 0 Å². The van der Waals surface area contributed by atoms with Crippen molar-refractivity contribution in [2.45, 2.75) is 104 Å². The summed E-state index contributed by atoms with van der Waals surface area (Å²) in [6.45, 7) is 8.15. The van der Waals surface area contributed by atoms with Gasteiger partial charge < -0.3 is 15.3 Å². The van der Waals surface area contributed by atoms with Gasteiger partial charge in [-0.2, -0.15) is 0 Å². The minimum Gasteiger partial charge on any atom is -0.481 e. The van der Waals surface area contributed by atoms with E-state index in [0.29, 0.717) is 12.8 Å². The molecule has 28 heavy (non-hydrogen) atoms. The predicted octanol–water partition coefficient (Wildman–Crippen LogP) is 4.50. The van der Waals surface area contributed by atoms with Gasteiger partial charge in [-0.3, -0.25) is 9.59 Å². The maximum absolute atomic E-state index is 12.6. The summed E-state index contributed by atoms with van der Waals surface area (Å²) in [6, 6.07) is 0. The van der Waals surface area contributed by atoms with Crippen LogP contribution in [0.25, 0.3) is 0 Å². The van der Waals surface area contributed by atoms with Gasteiger partial charge in [-0.1, -0.05) is 72.0 Å². The Morgan fingerprint density at radius 3 is 2.50 bits per heavy atom. The topological polar surface area (TPSA) is 94.8 Å². The van der Waals surface area contributed by atoms with E-state index in [1.807, 2.05) is 26.8 Å². The SMILES string of the molecule is CCCCC(C)(C)C(O)C=C[C@H]1[C@H](O)CC(=O)[C@@]1(C)CCCCCCC(=O)O. The van der Waals surface area contributed by atoms with Gasteiger partial charge in [0, 0.05) is 24.2 Å². The summed E-state index contributed by atoms with van der Waals surface area (Å²) in [4.78, 5) is 23.1. The number of aliphatic hydroxyl groups excluding tert-OH is 2. The average molecular weight is 397 g/mol. The van der Waals surface area contributed by atoms with Gasteiger partial charge in [0.25, 0.3) is 0 Å². The zero-order valence-electron chi connectivity index (χ0n) is 18.1. The van der Waals surface area contributed by atoms with Gasteiger partial charge in [0.05, 0.1) is 12.2 Å². The third kappa shape index (κ3) is 7.00. The molecule has 0 heterocycles. The van der Waals surface area contributed by atoms with E-state index in [2.05, 4.69) is 6.92 Å². The van der Waals surface area contributed by atoms with Crippen LogP contribution in [0.15, 0.2) is 12.2 Å². The molecule has 1 aliphatic carbocycles. The van der Waals surface area contributed by atoms with Crippen molar-refractivity contribution in [1.82, 2.24) is 0 Å². The summed E-state index contributed by atoms with van der Waals surface area (Å²) in [6.07, 6.45) is 9.64. The number of ketones is 1. The fourth-order valence-electron chi connectivity index (χ4n) is 4.20. The Hall–Kier alpha value is -1.20. The highest BCUT2D eigenvalue weighted by Crippen LogP contribution is 2.45. The van der Waals surface area contributed by atoms with Gasteiger partial charge in [-0.05, 0) is 24.7 Å². The van der Waals surface area contributed by atoms with Crippen LogP contribution in [-0.2, 0) is 9.59 Å². The molecule has 0 aliphatic heterocycles. The van der Waals surface area contributed by atoms with Gasteiger partial charge in [-0.15, -0.1) is 0 Å². The molecule has 0 aromatic carbocycles. The smallest absolute Gasteiger partial charge is 0.303 e. The molecule has 3 N–H and O–H groups in total. The lowest BCUT2D eigenvalue weighted by Gasteiger charge is -2.31. The fraction of sp³-hybridized carbons (Fsp3) is 0.826. The van der Waals surface area contributed by atoms with Crippen LogP contribution in [0.1, 0.15) is 91.9 Å². The van der Waals surface area contributed by atoms with Gasteiger partial charge in [-0.25, -0.2) is 0 Å². The number of aliphatic carboxylic acids is 1. The van der Waals surface area contributed by atoms with Crippen molar-refractivity contribution >= 4 is 11.8 Å². The van der Waals surface area contributed by atoms with E-state index < -0.39 is 23.6 Å². The van der Waals surface area contributed by atoms with Crippen LogP contribution in [0, 0.1) is 16.7 Å². The lowest BCUT2D eigenvalue weighted by Crippen LogP contribution is -2.32. The molecule has 0 bridgehead atoms. The minimum absolute atomic E-state index is 0.0833. The first-order valence-electron chi connectivity index (χ1n) is 10.8. The molecule has 5 heteroatoms. The van der Waals surface area contributed by atoms with E-state index in [-0.39, 0.29) is 30.0 Å². The molecule has 4 atom stereocenters. The molecule has 0 saturated heterocycles. The van der Waals surface area contributed by atoms with Crippen LogP contribution >= 0.6 is 0 Å². The summed E-state index contributed by atoms with van der Waals surface area (Å²) < 4.78 is 0. The Labute approximate surface area is 170 Å². The van der Waals surface area contributed by atoms with Gasteiger partial charge in [0.1, 0.15) is 5.78 Å². The fourth-order valence-corrected chi connectivity index (χ4v) is 4.20. The molecule has 0 spiro atoms. The van der Waals surface area contributed by atoms with Crippen LogP contribution in [0.2, 0.25) is 0 Å². The molecule has 0 aromatic heterocycles. The van der Waals surface area contributed by atoms with Crippen molar-refractivity contribution < 1.29 is 24.9 Å². The Morgan fingerprint density at radius 1 is 1.25 bits per heavy atom. The van der Waals surface area contributed by atoms with Gasteiger partial charge in [0.2, 0.25) is 0 Å². The monoisotopic (exact) mass is 396 g/mol. The van der Waals surface area contributed by atoms with E-state index >= 15 is 0 Å². The highest BCUT2D eigenvalue weighted by atomic mass is 16.4. The second-order valence-corrected chi connectivity index (χ2v) is 9.37. The second-order valence-electron chi connectivity index (χ2n) is 9.37. The number of hydrogen-bond donors (Lipinski definition) is 3. The normalized spacial score (nSPS) is 26.9. The van der Waals surface area contributed by atoms with Crippen LogP contribution in [0.3, 0.4) is 0 Å². The third-order valence-electron chi connectivity index (χ3n) is 6.49. The lowest BCUT2D eigenvalue weighted by atomic mass is 9.73. The molecule has 0 aromatic rings. The maximum atomic E-state index is 12.6. The van der Waals surface area contributed by atoms with Crippen molar-refractivity contribution in [3.63, 3.8) is 0 Å². The van der Waals surface area contributed by atoms with Gasteiger partial charge >= 0.3 is 5.97 Å². The Kier molecular flexibility index (Phi) is 9.85. The van der Waals surface area contributed by atoms with Crippen LogP contribution < -0.4 is 0 Å². The molecule has 1 aliphatic rings. The minimum atomic E-state index is -0.772. The highest BCUT2D eigenvalue weighted by molar-refractivity contribution is 5.88. The van der Waals surface area contributed by atoms with Crippen molar-refractivity contribution in [2.75, 3.05) is 0 Å². The number of carboxylic acids is 1. The number of carbonyl (C=O) groups excluding carboxylic acids is 1. The molecule has 1 unspecified atom stereocenters. The summed E-state index contributed by atoms with van der Waals surface area (Å²) in [7, 11) is 0. The summed E-state index contributed by atoms with van der Waals surface area (Å²) in [5.41, 5.74) is -0.851. The van der Waals surface area contributed by atoms with Crippen molar-refractivity contribution in [3.8, 4) is 0 Å². The number of carbonyl (C=O) groups is 2. The molecule has 1 fully saturated rings. The summed E-state index contributed by atoms with van der Waals surface area (Å²) in [5, 5.41) is 29.7.